The molecule has 2 aliphatic rings. The molecule has 5 nitrogen and oxygen atoms in total. The first-order valence-corrected chi connectivity index (χ1v) is 6.87. The van der Waals surface area contributed by atoms with E-state index in [0.29, 0.717) is 12.0 Å². The van der Waals surface area contributed by atoms with Crippen LogP contribution in [0.15, 0.2) is 0 Å². The second-order valence-electron chi connectivity index (χ2n) is 6.35. The third-order valence-electron chi connectivity index (χ3n) is 3.30. The third kappa shape index (κ3) is 4.46. The summed E-state index contributed by atoms with van der Waals surface area (Å²) in [6.07, 6.45) is 2.13. The van der Waals surface area contributed by atoms with Crippen LogP contribution in [0.1, 0.15) is 33.6 Å². The van der Waals surface area contributed by atoms with Gasteiger partial charge in [-0.25, -0.2) is 4.79 Å². The number of rotatable bonds is 5. The third-order valence-corrected chi connectivity index (χ3v) is 3.30. The number of ether oxygens (including phenoxy) is 1. The monoisotopic (exact) mass is 255 g/mol. The van der Waals surface area contributed by atoms with E-state index in [1.54, 1.807) is 0 Å². The van der Waals surface area contributed by atoms with Gasteiger partial charge < -0.3 is 20.7 Å². The summed E-state index contributed by atoms with van der Waals surface area (Å²) in [5.74, 6) is 0.623. The molecule has 5 heteroatoms. The summed E-state index contributed by atoms with van der Waals surface area (Å²) < 4.78 is 5.30. The number of hydrogen-bond acceptors (Lipinski definition) is 4. The number of nitrogens with one attached hydrogen (secondary N) is 3. The van der Waals surface area contributed by atoms with E-state index in [2.05, 4.69) is 16.0 Å². The minimum absolute atomic E-state index is 0.209. The van der Waals surface area contributed by atoms with Gasteiger partial charge in [-0.15, -0.1) is 0 Å². The fourth-order valence-corrected chi connectivity index (χ4v) is 2.02. The molecule has 1 aliphatic heterocycles. The summed E-state index contributed by atoms with van der Waals surface area (Å²) in [4.78, 5) is 11.8. The topological polar surface area (TPSA) is 62.4 Å². The van der Waals surface area contributed by atoms with Crippen molar-refractivity contribution in [2.45, 2.75) is 51.3 Å². The van der Waals surface area contributed by atoms with Crippen LogP contribution in [0.4, 0.5) is 4.79 Å². The lowest BCUT2D eigenvalue weighted by atomic mass is 10.1. The average Bonchev–Trinajstić information content (AvgIpc) is 2.93. The Labute approximate surface area is 109 Å². The van der Waals surface area contributed by atoms with Crippen molar-refractivity contribution in [3.8, 4) is 0 Å². The van der Waals surface area contributed by atoms with E-state index < -0.39 is 5.60 Å². The second kappa shape index (κ2) is 5.45. The Morgan fingerprint density at radius 2 is 2.06 bits per heavy atom. The van der Waals surface area contributed by atoms with Crippen LogP contribution in [0.3, 0.4) is 0 Å². The zero-order chi connectivity index (χ0) is 13.2. The van der Waals surface area contributed by atoms with E-state index in [0.717, 1.165) is 19.6 Å². The van der Waals surface area contributed by atoms with Crippen molar-refractivity contribution in [2.24, 2.45) is 5.92 Å². The molecule has 104 valence electrons. The lowest BCUT2D eigenvalue weighted by Gasteiger charge is -2.30. The molecule has 18 heavy (non-hydrogen) atoms. The summed E-state index contributed by atoms with van der Waals surface area (Å²) in [6.45, 7) is 8.56. The minimum atomic E-state index is -0.427. The quantitative estimate of drug-likeness (QED) is 0.681. The Kier molecular flexibility index (Phi) is 4.12. The first kappa shape index (κ1) is 13.6. The van der Waals surface area contributed by atoms with E-state index in [1.807, 2.05) is 20.8 Å². The fraction of sp³-hybridized carbons (Fsp3) is 0.923. The highest BCUT2D eigenvalue weighted by Gasteiger charge is 2.33. The SMILES string of the molecule is CC(C)(C)OC(=O)NC(CNC1CNC1)C1CC1. The molecule has 1 heterocycles. The zero-order valence-corrected chi connectivity index (χ0v) is 11.6. The maximum absolute atomic E-state index is 11.8. The summed E-state index contributed by atoms with van der Waals surface area (Å²) in [6, 6.07) is 0.770. The first-order chi connectivity index (χ1) is 8.44. The van der Waals surface area contributed by atoms with E-state index in [9.17, 15) is 4.79 Å². The Morgan fingerprint density at radius 3 is 2.50 bits per heavy atom. The van der Waals surface area contributed by atoms with Crippen molar-refractivity contribution >= 4 is 6.09 Å². The molecule has 1 aliphatic carbocycles. The van der Waals surface area contributed by atoms with Gasteiger partial charge in [0.1, 0.15) is 5.60 Å². The molecule has 2 rings (SSSR count). The van der Waals surface area contributed by atoms with E-state index in [4.69, 9.17) is 4.74 Å². The van der Waals surface area contributed by atoms with Crippen LogP contribution in [0.25, 0.3) is 0 Å². The molecular weight excluding hydrogens is 230 g/mol. The molecule has 1 unspecified atom stereocenters. The van der Waals surface area contributed by atoms with Crippen LogP contribution in [0, 0.1) is 5.92 Å². The predicted molar refractivity (Wildman–Crippen MR) is 70.5 cm³/mol. The predicted octanol–water partition coefficient (Wildman–Crippen LogP) is 0.851. The van der Waals surface area contributed by atoms with Crippen molar-refractivity contribution in [3.63, 3.8) is 0 Å². The van der Waals surface area contributed by atoms with E-state index in [1.165, 1.54) is 12.8 Å². The summed E-state index contributed by atoms with van der Waals surface area (Å²) in [5, 5.41) is 9.70. The Balaban J connectivity index is 1.73. The van der Waals surface area contributed by atoms with Crippen molar-refractivity contribution in [3.05, 3.63) is 0 Å². The van der Waals surface area contributed by atoms with Gasteiger partial charge in [0.15, 0.2) is 0 Å². The van der Waals surface area contributed by atoms with Gasteiger partial charge in [0.25, 0.3) is 0 Å². The minimum Gasteiger partial charge on any atom is -0.444 e. The van der Waals surface area contributed by atoms with Crippen LogP contribution in [-0.4, -0.2) is 43.4 Å². The molecule has 1 saturated carbocycles. The van der Waals surface area contributed by atoms with Gasteiger partial charge in [-0.05, 0) is 39.5 Å². The maximum Gasteiger partial charge on any atom is 0.407 e. The molecule has 0 aromatic heterocycles. The molecule has 0 spiro atoms. The van der Waals surface area contributed by atoms with Crippen LogP contribution in [0.5, 0.6) is 0 Å². The Morgan fingerprint density at radius 1 is 1.39 bits per heavy atom. The summed E-state index contributed by atoms with van der Waals surface area (Å²) in [5.41, 5.74) is -0.427. The highest BCUT2D eigenvalue weighted by Crippen LogP contribution is 2.32. The van der Waals surface area contributed by atoms with Crippen LogP contribution < -0.4 is 16.0 Å². The van der Waals surface area contributed by atoms with Crippen molar-refractivity contribution in [2.75, 3.05) is 19.6 Å². The number of alkyl carbamates (subject to hydrolysis) is 1. The van der Waals surface area contributed by atoms with Gasteiger partial charge >= 0.3 is 6.09 Å². The number of carbonyl (C=O) groups is 1. The average molecular weight is 255 g/mol. The highest BCUT2D eigenvalue weighted by molar-refractivity contribution is 5.68. The fourth-order valence-electron chi connectivity index (χ4n) is 2.02. The summed E-state index contributed by atoms with van der Waals surface area (Å²) >= 11 is 0. The van der Waals surface area contributed by atoms with Crippen LogP contribution in [-0.2, 0) is 4.74 Å². The summed E-state index contributed by atoms with van der Waals surface area (Å²) in [7, 11) is 0. The molecular formula is C13H25N3O2. The second-order valence-corrected chi connectivity index (χ2v) is 6.35. The normalized spacial score (nSPS) is 22.2. The largest absolute Gasteiger partial charge is 0.444 e. The molecule has 2 fully saturated rings. The lowest BCUT2D eigenvalue weighted by molar-refractivity contribution is 0.0496. The molecule has 0 aromatic carbocycles. The zero-order valence-electron chi connectivity index (χ0n) is 11.6. The van der Waals surface area contributed by atoms with Crippen molar-refractivity contribution < 1.29 is 9.53 Å². The number of amides is 1. The standard InChI is InChI=1S/C13H25N3O2/c1-13(2,3)18-12(17)16-11(9-4-5-9)8-15-10-6-14-7-10/h9-11,14-15H,4-8H2,1-3H3,(H,16,17). The van der Waals surface area contributed by atoms with Gasteiger partial charge in [0, 0.05) is 31.7 Å². The Bertz CT molecular complexity index is 293. The Hall–Kier alpha value is -0.810. The highest BCUT2D eigenvalue weighted by atomic mass is 16.6. The molecule has 3 N–H and O–H groups in total. The molecule has 1 atom stereocenters. The molecule has 0 bridgehead atoms. The van der Waals surface area contributed by atoms with Gasteiger partial charge in [-0.1, -0.05) is 0 Å². The van der Waals surface area contributed by atoms with Crippen molar-refractivity contribution in [1.82, 2.24) is 16.0 Å². The van der Waals surface area contributed by atoms with Crippen LogP contribution >= 0.6 is 0 Å². The first-order valence-electron chi connectivity index (χ1n) is 6.87. The number of hydrogen-bond donors (Lipinski definition) is 3. The van der Waals surface area contributed by atoms with Gasteiger partial charge in [0.2, 0.25) is 0 Å². The molecule has 0 radical (unpaired) electrons. The molecule has 1 amide bonds. The maximum atomic E-state index is 11.8. The van der Waals surface area contributed by atoms with E-state index >= 15 is 0 Å². The molecule has 0 aromatic rings. The van der Waals surface area contributed by atoms with Gasteiger partial charge in [0.05, 0.1) is 0 Å². The van der Waals surface area contributed by atoms with Crippen molar-refractivity contribution in [1.29, 1.82) is 0 Å². The molecule has 1 saturated heterocycles. The number of carbonyl (C=O) groups excluding carboxylic acids is 1. The van der Waals surface area contributed by atoms with Gasteiger partial charge in [-0.3, -0.25) is 0 Å². The lowest BCUT2D eigenvalue weighted by Crippen LogP contribution is -2.58. The smallest absolute Gasteiger partial charge is 0.407 e. The van der Waals surface area contributed by atoms with E-state index in [-0.39, 0.29) is 12.1 Å². The van der Waals surface area contributed by atoms with Crippen LogP contribution in [0.2, 0.25) is 0 Å². The van der Waals surface area contributed by atoms with Gasteiger partial charge in [-0.2, -0.15) is 0 Å².